The van der Waals surface area contributed by atoms with Gasteiger partial charge in [0, 0.05) is 22.2 Å². The van der Waals surface area contributed by atoms with E-state index < -0.39 is 0 Å². The molecule has 7 heteroatoms. The van der Waals surface area contributed by atoms with E-state index >= 15 is 0 Å². The number of hydrogen-bond donors (Lipinski definition) is 1. The van der Waals surface area contributed by atoms with E-state index in [0.29, 0.717) is 27.9 Å². The second-order valence-corrected chi connectivity index (χ2v) is 6.66. The average Bonchev–Trinajstić information content (AvgIpc) is 3.21. The average molecular weight is 356 g/mol. The van der Waals surface area contributed by atoms with Gasteiger partial charge in [-0.1, -0.05) is 0 Å². The Morgan fingerprint density at radius 1 is 1.16 bits per heavy atom. The number of rotatable bonds is 3. The van der Waals surface area contributed by atoms with Crippen molar-refractivity contribution >= 4 is 22.9 Å². The topological polar surface area (TPSA) is 60.5 Å². The van der Waals surface area contributed by atoms with Gasteiger partial charge in [0.1, 0.15) is 16.5 Å². The van der Waals surface area contributed by atoms with E-state index in [4.69, 9.17) is 9.47 Å². The van der Waals surface area contributed by atoms with Crippen LogP contribution in [0.15, 0.2) is 42.5 Å². The van der Waals surface area contributed by atoms with Gasteiger partial charge in [0.15, 0.2) is 11.5 Å². The zero-order chi connectivity index (χ0) is 17.4. The highest BCUT2D eigenvalue weighted by atomic mass is 32.1. The molecule has 1 N–H and O–H groups in total. The molecule has 0 radical (unpaired) electrons. The SMILES string of the molecule is Cc1sc(-c2ccc(F)cc2)nc1C(=O)Nc1ccc2c(c1)OCO2. The summed E-state index contributed by atoms with van der Waals surface area (Å²) in [6.45, 7) is 2.01. The standard InChI is InChI=1S/C18H13FN2O3S/c1-10-16(21-18(25-10)11-2-4-12(19)5-3-11)17(22)20-13-6-7-14-15(8-13)24-9-23-14/h2-8H,9H2,1H3,(H,20,22). The van der Waals surface area contributed by atoms with E-state index in [1.54, 1.807) is 30.3 Å². The maximum Gasteiger partial charge on any atom is 0.275 e. The normalized spacial score (nSPS) is 12.2. The molecule has 1 amide bonds. The number of thiazole rings is 1. The Hall–Kier alpha value is -2.93. The van der Waals surface area contributed by atoms with Crippen molar-refractivity contribution < 1.29 is 18.7 Å². The zero-order valence-corrected chi connectivity index (χ0v) is 14.0. The molecule has 0 saturated carbocycles. The summed E-state index contributed by atoms with van der Waals surface area (Å²) >= 11 is 1.39. The van der Waals surface area contributed by atoms with Crippen LogP contribution in [0.2, 0.25) is 0 Å². The Bertz CT molecular complexity index is 953. The van der Waals surface area contributed by atoms with Gasteiger partial charge in [0.05, 0.1) is 0 Å². The van der Waals surface area contributed by atoms with Gasteiger partial charge >= 0.3 is 0 Å². The van der Waals surface area contributed by atoms with Crippen molar-refractivity contribution in [1.29, 1.82) is 0 Å². The molecule has 0 spiro atoms. The first-order valence-corrected chi connectivity index (χ1v) is 8.36. The summed E-state index contributed by atoms with van der Waals surface area (Å²) in [5, 5.41) is 3.49. The van der Waals surface area contributed by atoms with Crippen LogP contribution in [0.1, 0.15) is 15.4 Å². The Morgan fingerprint density at radius 3 is 2.72 bits per heavy atom. The Balaban J connectivity index is 1.57. The minimum Gasteiger partial charge on any atom is -0.454 e. The second kappa shape index (κ2) is 6.18. The monoisotopic (exact) mass is 356 g/mol. The van der Waals surface area contributed by atoms with Crippen molar-refractivity contribution in [1.82, 2.24) is 4.98 Å². The lowest BCUT2D eigenvalue weighted by Gasteiger charge is -2.05. The fourth-order valence-electron chi connectivity index (χ4n) is 2.49. The Kier molecular flexibility index (Phi) is 3.85. The Morgan fingerprint density at radius 2 is 1.92 bits per heavy atom. The number of nitrogens with one attached hydrogen (secondary N) is 1. The molecule has 1 aliphatic heterocycles. The fourth-order valence-corrected chi connectivity index (χ4v) is 3.40. The molecule has 2 heterocycles. The fraction of sp³-hybridized carbons (Fsp3) is 0.111. The van der Waals surface area contributed by atoms with Crippen LogP contribution in [0, 0.1) is 12.7 Å². The number of nitrogens with zero attached hydrogens (tertiary/aromatic N) is 1. The molecule has 5 nitrogen and oxygen atoms in total. The highest BCUT2D eigenvalue weighted by Gasteiger charge is 2.18. The molecule has 0 unspecified atom stereocenters. The minimum absolute atomic E-state index is 0.180. The van der Waals surface area contributed by atoms with Crippen molar-refractivity contribution in [2.75, 3.05) is 12.1 Å². The highest BCUT2D eigenvalue weighted by Crippen LogP contribution is 2.34. The third-order valence-corrected chi connectivity index (χ3v) is 4.75. The molecular weight excluding hydrogens is 343 g/mol. The number of carbonyl (C=O) groups is 1. The van der Waals surface area contributed by atoms with Gasteiger partial charge in [-0.25, -0.2) is 9.37 Å². The van der Waals surface area contributed by atoms with E-state index in [2.05, 4.69) is 10.3 Å². The molecular formula is C18H13FN2O3S. The number of aryl methyl sites for hydroxylation is 1. The largest absolute Gasteiger partial charge is 0.454 e. The molecule has 126 valence electrons. The van der Waals surface area contributed by atoms with Crippen molar-refractivity contribution in [3.63, 3.8) is 0 Å². The van der Waals surface area contributed by atoms with Crippen molar-refractivity contribution in [3.8, 4) is 22.1 Å². The quantitative estimate of drug-likeness (QED) is 0.763. The van der Waals surface area contributed by atoms with Crippen LogP contribution in [0.25, 0.3) is 10.6 Å². The summed E-state index contributed by atoms with van der Waals surface area (Å²) in [6.07, 6.45) is 0. The number of amides is 1. The number of hydrogen-bond acceptors (Lipinski definition) is 5. The molecule has 2 aromatic carbocycles. The van der Waals surface area contributed by atoms with Gasteiger partial charge in [-0.2, -0.15) is 0 Å². The van der Waals surface area contributed by atoms with Crippen LogP contribution < -0.4 is 14.8 Å². The summed E-state index contributed by atoms with van der Waals surface area (Å²) in [7, 11) is 0. The number of anilines is 1. The van der Waals surface area contributed by atoms with Gasteiger partial charge < -0.3 is 14.8 Å². The smallest absolute Gasteiger partial charge is 0.275 e. The number of carbonyl (C=O) groups excluding carboxylic acids is 1. The molecule has 0 bridgehead atoms. The number of aromatic nitrogens is 1. The lowest BCUT2D eigenvalue weighted by Crippen LogP contribution is -2.13. The molecule has 0 atom stereocenters. The van der Waals surface area contributed by atoms with Gasteiger partial charge in [0.25, 0.3) is 5.91 Å². The lowest BCUT2D eigenvalue weighted by molar-refractivity contribution is 0.102. The van der Waals surface area contributed by atoms with E-state index in [1.807, 2.05) is 6.92 Å². The number of benzene rings is 2. The lowest BCUT2D eigenvalue weighted by atomic mass is 10.2. The molecule has 1 aromatic heterocycles. The second-order valence-electron chi connectivity index (χ2n) is 5.45. The summed E-state index contributed by atoms with van der Waals surface area (Å²) in [5.41, 5.74) is 1.73. The third-order valence-electron chi connectivity index (χ3n) is 3.73. The summed E-state index contributed by atoms with van der Waals surface area (Å²) in [4.78, 5) is 17.7. The van der Waals surface area contributed by atoms with Gasteiger partial charge in [-0.15, -0.1) is 11.3 Å². The predicted molar refractivity (Wildman–Crippen MR) is 92.8 cm³/mol. The highest BCUT2D eigenvalue weighted by molar-refractivity contribution is 7.15. The summed E-state index contributed by atoms with van der Waals surface area (Å²) < 4.78 is 23.6. The zero-order valence-electron chi connectivity index (χ0n) is 13.2. The van der Waals surface area contributed by atoms with Crippen molar-refractivity contribution in [2.45, 2.75) is 6.92 Å². The minimum atomic E-state index is -0.308. The molecule has 0 fully saturated rings. The number of fused-ring (bicyclic) bond motifs is 1. The van der Waals surface area contributed by atoms with E-state index in [-0.39, 0.29) is 18.5 Å². The third kappa shape index (κ3) is 3.06. The maximum atomic E-state index is 13.1. The number of halogens is 1. The van der Waals surface area contributed by atoms with Crippen LogP contribution in [0.3, 0.4) is 0 Å². The maximum absolute atomic E-state index is 13.1. The summed E-state index contributed by atoms with van der Waals surface area (Å²) in [5.74, 6) is 0.639. The van der Waals surface area contributed by atoms with Gasteiger partial charge in [-0.3, -0.25) is 4.79 Å². The Labute approximate surface area is 147 Å². The van der Waals surface area contributed by atoms with E-state index in [9.17, 15) is 9.18 Å². The van der Waals surface area contributed by atoms with E-state index in [1.165, 1.54) is 23.5 Å². The predicted octanol–water partition coefficient (Wildman–Crippen LogP) is 4.24. The van der Waals surface area contributed by atoms with Crippen LogP contribution in [0.4, 0.5) is 10.1 Å². The molecule has 0 aliphatic carbocycles. The first-order valence-electron chi connectivity index (χ1n) is 7.54. The van der Waals surface area contributed by atoms with Crippen molar-refractivity contribution in [2.24, 2.45) is 0 Å². The van der Waals surface area contributed by atoms with Crippen LogP contribution in [-0.2, 0) is 0 Å². The van der Waals surface area contributed by atoms with Gasteiger partial charge in [-0.05, 0) is 43.3 Å². The van der Waals surface area contributed by atoms with Crippen LogP contribution in [-0.4, -0.2) is 17.7 Å². The summed E-state index contributed by atoms with van der Waals surface area (Å²) in [6, 6.07) is 11.2. The van der Waals surface area contributed by atoms with Crippen LogP contribution in [0.5, 0.6) is 11.5 Å². The molecule has 3 aromatic rings. The molecule has 1 aliphatic rings. The number of ether oxygens (including phenoxy) is 2. The molecule has 4 rings (SSSR count). The first-order chi connectivity index (χ1) is 12.1. The van der Waals surface area contributed by atoms with Crippen LogP contribution >= 0.6 is 11.3 Å². The molecule has 25 heavy (non-hydrogen) atoms. The first kappa shape index (κ1) is 15.6. The van der Waals surface area contributed by atoms with Crippen molar-refractivity contribution in [3.05, 3.63) is 58.9 Å². The molecule has 0 saturated heterocycles. The van der Waals surface area contributed by atoms with E-state index in [0.717, 1.165) is 10.4 Å². The van der Waals surface area contributed by atoms with Gasteiger partial charge in [0.2, 0.25) is 6.79 Å².